The van der Waals surface area contributed by atoms with Crippen molar-refractivity contribution in [2.24, 2.45) is 0 Å². The van der Waals surface area contributed by atoms with Gasteiger partial charge in [0.1, 0.15) is 17.6 Å². The average molecular weight is 434 g/mol. The number of hydrogen-bond acceptors (Lipinski definition) is 4. The summed E-state index contributed by atoms with van der Waals surface area (Å²) in [5.74, 6) is -2.07. The third-order valence-electron chi connectivity index (χ3n) is 3.78. The Labute approximate surface area is 165 Å². The largest absolute Gasteiger partial charge is 0.573 e. The molecule has 0 aliphatic carbocycles. The van der Waals surface area contributed by atoms with E-state index >= 15 is 0 Å². The van der Waals surface area contributed by atoms with Crippen LogP contribution >= 0.6 is 0 Å². The fraction of sp³-hybridized carbons (Fsp3) is 0.278. The van der Waals surface area contributed by atoms with Gasteiger partial charge in [-0.2, -0.15) is 0 Å². The van der Waals surface area contributed by atoms with Crippen LogP contribution in [0.3, 0.4) is 0 Å². The van der Waals surface area contributed by atoms with Crippen LogP contribution in [0.4, 0.5) is 28.9 Å². The summed E-state index contributed by atoms with van der Waals surface area (Å²) >= 11 is 0. The van der Waals surface area contributed by atoms with Crippen molar-refractivity contribution in [2.75, 3.05) is 15.9 Å². The molecule has 1 amide bonds. The van der Waals surface area contributed by atoms with Gasteiger partial charge >= 0.3 is 6.36 Å². The van der Waals surface area contributed by atoms with Crippen LogP contribution in [-0.2, 0) is 14.8 Å². The zero-order chi connectivity index (χ0) is 21.8. The van der Waals surface area contributed by atoms with Gasteiger partial charge < -0.3 is 10.1 Å². The first kappa shape index (κ1) is 22.5. The Morgan fingerprint density at radius 1 is 1.14 bits per heavy atom. The number of alkyl halides is 3. The van der Waals surface area contributed by atoms with E-state index in [1.807, 2.05) is 0 Å². The molecule has 0 saturated carbocycles. The van der Waals surface area contributed by atoms with E-state index in [2.05, 4.69) is 10.1 Å². The number of sulfonamides is 1. The first-order valence-electron chi connectivity index (χ1n) is 8.33. The van der Waals surface area contributed by atoms with Crippen LogP contribution in [0.5, 0.6) is 5.75 Å². The zero-order valence-electron chi connectivity index (χ0n) is 15.4. The first-order valence-corrected chi connectivity index (χ1v) is 10.2. The molecule has 29 heavy (non-hydrogen) atoms. The Balaban J connectivity index is 2.27. The quantitative estimate of drug-likeness (QED) is 0.671. The number of ether oxygens (including phenoxy) is 1. The third-order valence-corrected chi connectivity index (χ3v) is 4.94. The molecule has 0 heterocycles. The fourth-order valence-corrected chi connectivity index (χ4v) is 3.84. The lowest BCUT2D eigenvalue weighted by atomic mass is 10.1. The predicted molar refractivity (Wildman–Crippen MR) is 99.6 cm³/mol. The van der Waals surface area contributed by atoms with E-state index in [0.29, 0.717) is 4.31 Å². The minimum absolute atomic E-state index is 0.0164. The van der Waals surface area contributed by atoms with Crippen LogP contribution in [0.15, 0.2) is 48.5 Å². The van der Waals surface area contributed by atoms with E-state index in [-0.39, 0.29) is 17.8 Å². The number of carbonyl (C=O) groups is 1. The maximum atomic E-state index is 14.2. The second-order valence-electron chi connectivity index (χ2n) is 6.00. The first-order chi connectivity index (χ1) is 13.4. The Hall–Kier alpha value is -2.82. The van der Waals surface area contributed by atoms with Gasteiger partial charge in [-0.3, -0.25) is 9.10 Å². The molecule has 1 N–H and O–H groups in total. The lowest BCUT2D eigenvalue weighted by Gasteiger charge is -2.30. The standard InChI is InChI=1S/C18H18F4N2O4S/c1-3-15(24(29(2,26)27)16-7-5-4-6-14(16)19)17(25)23-12-8-10-13(11-9-12)28-18(20,21)22/h4-11,15H,3H2,1-2H3,(H,23,25)/t15-/m0/s1. The highest BCUT2D eigenvalue weighted by atomic mass is 32.2. The number of amides is 1. The summed E-state index contributed by atoms with van der Waals surface area (Å²) < 4.78 is 79.8. The molecule has 0 unspecified atom stereocenters. The zero-order valence-corrected chi connectivity index (χ0v) is 16.2. The van der Waals surface area contributed by atoms with Gasteiger partial charge in [-0.05, 0) is 42.8 Å². The second kappa shape index (κ2) is 8.68. The van der Waals surface area contributed by atoms with Crippen molar-refractivity contribution in [2.45, 2.75) is 25.7 Å². The van der Waals surface area contributed by atoms with Crippen molar-refractivity contribution in [3.8, 4) is 5.75 Å². The van der Waals surface area contributed by atoms with Crippen molar-refractivity contribution < 1.29 is 35.5 Å². The summed E-state index contributed by atoms with van der Waals surface area (Å²) in [5, 5.41) is 2.42. The summed E-state index contributed by atoms with van der Waals surface area (Å²) in [6.07, 6.45) is -3.99. The normalized spacial score (nSPS) is 12.9. The van der Waals surface area contributed by atoms with Crippen molar-refractivity contribution in [1.82, 2.24) is 0 Å². The fourth-order valence-electron chi connectivity index (χ4n) is 2.63. The Morgan fingerprint density at radius 3 is 2.21 bits per heavy atom. The van der Waals surface area contributed by atoms with Crippen LogP contribution in [0.2, 0.25) is 0 Å². The van der Waals surface area contributed by atoms with Crippen molar-refractivity contribution in [3.63, 3.8) is 0 Å². The number of para-hydroxylation sites is 1. The second-order valence-corrected chi connectivity index (χ2v) is 7.86. The van der Waals surface area contributed by atoms with Gasteiger partial charge in [-0.1, -0.05) is 19.1 Å². The summed E-state index contributed by atoms with van der Waals surface area (Å²) in [7, 11) is -4.03. The monoisotopic (exact) mass is 434 g/mol. The van der Waals surface area contributed by atoms with Gasteiger partial charge in [0.15, 0.2) is 0 Å². The molecule has 0 radical (unpaired) electrons. The molecule has 1 atom stereocenters. The number of nitrogens with zero attached hydrogens (tertiary/aromatic N) is 1. The van der Waals surface area contributed by atoms with Gasteiger partial charge in [-0.15, -0.1) is 13.2 Å². The molecule has 0 aliphatic rings. The van der Waals surface area contributed by atoms with Gasteiger partial charge in [-0.25, -0.2) is 12.8 Å². The minimum Gasteiger partial charge on any atom is -0.406 e. The highest BCUT2D eigenvalue weighted by Gasteiger charge is 2.33. The Kier molecular flexibility index (Phi) is 6.73. The Morgan fingerprint density at radius 2 is 1.72 bits per heavy atom. The van der Waals surface area contributed by atoms with E-state index in [4.69, 9.17) is 0 Å². The highest BCUT2D eigenvalue weighted by molar-refractivity contribution is 7.92. The predicted octanol–water partition coefficient (Wildman–Crippen LogP) is 3.91. The smallest absolute Gasteiger partial charge is 0.406 e. The van der Waals surface area contributed by atoms with Crippen molar-refractivity contribution in [3.05, 3.63) is 54.3 Å². The molecule has 6 nitrogen and oxygen atoms in total. The lowest BCUT2D eigenvalue weighted by molar-refractivity contribution is -0.274. The van der Waals surface area contributed by atoms with Gasteiger partial charge in [0, 0.05) is 5.69 Å². The molecule has 2 aromatic rings. The molecule has 2 aromatic carbocycles. The molecule has 0 bridgehead atoms. The number of halogens is 4. The maximum absolute atomic E-state index is 14.2. The summed E-state index contributed by atoms with van der Waals surface area (Å²) in [6.45, 7) is 1.55. The SMILES string of the molecule is CC[C@@H](C(=O)Nc1ccc(OC(F)(F)F)cc1)N(c1ccccc1F)S(C)(=O)=O. The number of nitrogens with one attached hydrogen (secondary N) is 1. The van der Waals surface area contributed by atoms with Crippen LogP contribution in [0.25, 0.3) is 0 Å². The van der Waals surface area contributed by atoms with Crippen LogP contribution in [-0.4, -0.2) is 33.0 Å². The van der Waals surface area contributed by atoms with E-state index in [9.17, 15) is 30.8 Å². The van der Waals surface area contributed by atoms with Gasteiger partial charge in [0.25, 0.3) is 0 Å². The molecule has 0 aromatic heterocycles. The number of hydrogen-bond donors (Lipinski definition) is 1. The minimum atomic E-state index is -4.85. The average Bonchev–Trinajstić information content (AvgIpc) is 2.60. The van der Waals surface area contributed by atoms with E-state index in [1.54, 1.807) is 6.92 Å². The van der Waals surface area contributed by atoms with Crippen molar-refractivity contribution in [1.29, 1.82) is 0 Å². The molecule has 0 saturated heterocycles. The summed E-state index contributed by atoms with van der Waals surface area (Å²) in [4.78, 5) is 12.7. The van der Waals surface area contributed by atoms with E-state index < -0.39 is 39.9 Å². The lowest BCUT2D eigenvalue weighted by Crippen LogP contribution is -2.47. The van der Waals surface area contributed by atoms with Gasteiger partial charge in [0.2, 0.25) is 15.9 Å². The molecule has 0 aliphatic heterocycles. The molecular weight excluding hydrogens is 416 g/mol. The number of carbonyl (C=O) groups excluding carboxylic acids is 1. The highest BCUT2D eigenvalue weighted by Crippen LogP contribution is 2.27. The number of rotatable bonds is 7. The molecule has 11 heteroatoms. The van der Waals surface area contributed by atoms with Gasteiger partial charge in [0.05, 0.1) is 11.9 Å². The molecular formula is C18H18F4N2O4S. The maximum Gasteiger partial charge on any atom is 0.573 e. The molecule has 0 fully saturated rings. The molecule has 158 valence electrons. The third kappa shape index (κ3) is 6.08. The number of benzene rings is 2. The van der Waals surface area contributed by atoms with Crippen LogP contribution in [0.1, 0.15) is 13.3 Å². The molecule has 2 rings (SSSR count). The summed E-state index contributed by atoms with van der Waals surface area (Å²) in [5.41, 5.74) is -0.170. The topological polar surface area (TPSA) is 75.7 Å². The summed E-state index contributed by atoms with van der Waals surface area (Å²) in [6, 6.07) is 8.15. The Bertz CT molecular complexity index is 963. The molecule has 0 spiro atoms. The van der Waals surface area contributed by atoms with Crippen LogP contribution in [0, 0.1) is 5.82 Å². The van der Waals surface area contributed by atoms with Crippen molar-refractivity contribution >= 4 is 27.3 Å². The van der Waals surface area contributed by atoms with E-state index in [1.165, 1.54) is 30.3 Å². The van der Waals surface area contributed by atoms with Crippen LogP contribution < -0.4 is 14.4 Å². The van der Waals surface area contributed by atoms with E-state index in [0.717, 1.165) is 24.5 Å². The number of anilines is 2.